The fraction of sp³-hybridized carbons (Fsp3) is 0.500. The molecular weight excluding hydrogens is 75.5 g/mol. The van der Waals surface area contributed by atoms with Crippen molar-refractivity contribution >= 4 is 11.6 Å². The van der Waals surface area contributed by atoms with Crippen LogP contribution in [0.25, 0.3) is 0 Å². The highest BCUT2D eigenvalue weighted by Gasteiger charge is 1.73. The lowest BCUT2D eigenvalue weighted by atomic mass is 10.9. The molecule has 2 heteroatoms. The maximum Gasteiger partial charge on any atom is 0.128 e. The molecule has 0 rings (SSSR count). The Morgan fingerprint density at radius 1 is 2.00 bits per heavy atom. The standard InChI is InChI=1S/C2H4ClO/c1-2(3)4/h2,4H,1H2. The van der Waals surface area contributed by atoms with Crippen LogP contribution in [0.15, 0.2) is 0 Å². The van der Waals surface area contributed by atoms with Crippen LogP contribution in [0, 0.1) is 6.92 Å². The van der Waals surface area contributed by atoms with E-state index in [9.17, 15) is 0 Å². The van der Waals surface area contributed by atoms with Gasteiger partial charge in [-0.05, 0) is 6.92 Å². The van der Waals surface area contributed by atoms with Crippen molar-refractivity contribution in [3.63, 3.8) is 0 Å². The third kappa shape index (κ3) is 56.3. The highest BCUT2D eigenvalue weighted by atomic mass is 35.5. The Labute approximate surface area is 30.2 Å². The molecule has 0 aliphatic heterocycles. The minimum atomic E-state index is -0.944. The molecule has 0 aromatic rings. The van der Waals surface area contributed by atoms with E-state index >= 15 is 0 Å². The molecule has 0 aromatic carbocycles. The Morgan fingerprint density at radius 3 is 2.00 bits per heavy atom. The molecule has 0 saturated carbocycles. The first-order valence-electron chi connectivity index (χ1n) is 0.885. The smallest absolute Gasteiger partial charge is 0.128 e. The summed E-state index contributed by atoms with van der Waals surface area (Å²) in [5.41, 5.74) is -0.944. The fourth-order valence-electron chi connectivity index (χ4n) is 0. The van der Waals surface area contributed by atoms with Crippen LogP contribution in [0.2, 0.25) is 0 Å². The van der Waals surface area contributed by atoms with Gasteiger partial charge in [-0.15, -0.1) is 0 Å². The number of aliphatic hydroxyl groups excluding tert-OH is 1. The van der Waals surface area contributed by atoms with Gasteiger partial charge in [0.15, 0.2) is 0 Å². The second kappa shape index (κ2) is 1.56. The van der Waals surface area contributed by atoms with E-state index in [1.165, 1.54) is 0 Å². The molecule has 1 nitrogen and oxygen atoms in total. The normalized spacial score (nSPS) is 15.8. The first kappa shape index (κ1) is 4.25. The molecule has 1 N–H and O–H groups in total. The lowest BCUT2D eigenvalue weighted by molar-refractivity contribution is 0.301. The van der Waals surface area contributed by atoms with E-state index < -0.39 is 5.56 Å². The summed E-state index contributed by atoms with van der Waals surface area (Å²) in [6.07, 6.45) is 0. The molecule has 0 spiro atoms. The molecule has 1 atom stereocenters. The topological polar surface area (TPSA) is 20.2 Å². The van der Waals surface area contributed by atoms with Gasteiger partial charge in [0.05, 0.1) is 0 Å². The Bertz CT molecular complexity index is 10.8. The van der Waals surface area contributed by atoms with Gasteiger partial charge in [-0.3, -0.25) is 0 Å². The van der Waals surface area contributed by atoms with E-state index in [2.05, 4.69) is 6.92 Å². The zero-order chi connectivity index (χ0) is 3.58. The molecule has 25 valence electrons. The quantitative estimate of drug-likeness (QED) is 0.416. The lowest BCUT2D eigenvalue weighted by Gasteiger charge is -1.76. The van der Waals surface area contributed by atoms with Crippen LogP contribution in [-0.4, -0.2) is 10.7 Å². The molecule has 0 aliphatic rings. The molecule has 0 saturated heterocycles. The van der Waals surface area contributed by atoms with Gasteiger partial charge in [0, 0.05) is 0 Å². The van der Waals surface area contributed by atoms with Gasteiger partial charge in [0.25, 0.3) is 0 Å². The molecule has 1 unspecified atom stereocenters. The van der Waals surface area contributed by atoms with E-state index in [0.29, 0.717) is 0 Å². The molecule has 0 aliphatic carbocycles. The Morgan fingerprint density at radius 2 is 2.00 bits per heavy atom. The maximum atomic E-state index is 7.71. The third-order valence-electron chi connectivity index (χ3n) is 0. The number of hydrogen-bond acceptors (Lipinski definition) is 1. The average Bonchev–Trinajstić information content (AvgIpc) is 0.811. The van der Waals surface area contributed by atoms with Crippen LogP contribution in [0.5, 0.6) is 0 Å². The summed E-state index contributed by atoms with van der Waals surface area (Å²) in [5, 5.41) is 7.71. The highest BCUT2D eigenvalue weighted by molar-refractivity contribution is 6.19. The first-order chi connectivity index (χ1) is 1.73. The van der Waals surface area contributed by atoms with Crippen LogP contribution in [0.4, 0.5) is 0 Å². The van der Waals surface area contributed by atoms with Crippen molar-refractivity contribution in [2.45, 2.75) is 5.56 Å². The van der Waals surface area contributed by atoms with Crippen LogP contribution >= 0.6 is 11.6 Å². The van der Waals surface area contributed by atoms with Crippen molar-refractivity contribution in [2.75, 3.05) is 0 Å². The lowest BCUT2D eigenvalue weighted by Crippen LogP contribution is -1.80. The first-order valence-corrected chi connectivity index (χ1v) is 1.32. The van der Waals surface area contributed by atoms with Gasteiger partial charge >= 0.3 is 0 Å². The third-order valence-corrected chi connectivity index (χ3v) is 0. The Balaban J connectivity index is 2.32. The van der Waals surface area contributed by atoms with Gasteiger partial charge in [0.1, 0.15) is 5.56 Å². The second-order valence-corrected chi connectivity index (χ2v) is 0.938. The van der Waals surface area contributed by atoms with Crippen molar-refractivity contribution in [3.8, 4) is 0 Å². The van der Waals surface area contributed by atoms with E-state index in [-0.39, 0.29) is 0 Å². The zero-order valence-corrected chi connectivity index (χ0v) is 2.87. The molecular formula is C2H4ClO. The minimum Gasteiger partial charge on any atom is -0.378 e. The average molecular weight is 79.5 g/mol. The van der Waals surface area contributed by atoms with Crippen molar-refractivity contribution in [1.29, 1.82) is 0 Å². The van der Waals surface area contributed by atoms with E-state index in [1.54, 1.807) is 0 Å². The number of aliphatic hydroxyl groups is 1. The minimum absolute atomic E-state index is 0.944. The van der Waals surface area contributed by atoms with Crippen LogP contribution in [0.1, 0.15) is 0 Å². The summed E-state index contributed by atoms with van der Waals surface area (Å²) in [6.45, 7) is 2.96. The van der Waals surface area contributed by atoms with Crippen molar-refractivity contribution in [1.82, 2.24) is 0 Å². The molecule has 1 radical (unpaired) electrons. The summed E-state index contributed by atoms with van der Waals surface area (Å²) < 4.78 is 0. The largest absolute Gasteiger partial charge is 0.378 e. The van der Waals surface area contributed by atoms with Crippen LogP contribution in [-0.2, 0) is 0 Å². The van der Waals surface area contributed by atoms with E-state index in [4.69, 9.17) is 16.7 Å². The monoisotopic (exact) mass is 79.0 g/mol. The number of hydrogen-bond donors (Lipinski definition) is 1. The Kier molecular flexibility index (Phi) is 1.66. The van der Waals surface area contributed by atoms with E-state index in [1.807, 2.05) is 0 Å². The van der Waals surface area contributed by atoms with Crippen molar-refractivity contribution in [2.24, 2.45) is 0 Å². The molecule has 0 amide bonds. The summed E-state index contributed by atoms with van der Waals surface area (Å²) >= 11 is 4.72. The summed E-state index contributed by atoms with van der Waals surface area (Å²) in [7, 11) is 0. The predicted molar refractivity (Wildman–Crippen MR) is 17.2 cm³/mol. The SMILES string of the molecule is [CH2]C(O)Cl. The van der Waals surface area contributed by atoms with Crippen LogP contribution < -0.4 is 0 Å². The molecule has 0 bridgehead atoms. The fourth-order valence-corrected chi connectivity index (χ4v) is 0. The Hall–Kier alpha value is 0.250. The highest BCUT2D eigenvalue weighted by Crippen LogP contribution is 1.78. The number of halogens is 1. The number of rotatable bonds is 0. The van der Waals surface area contributed by atoms with Gasteiger partial charge in [-0.25, -0.2) is 0 Å². The van der Waals surface area contributed by atoms with Gasteiger partial charge < -0.3 is 5.11 Å². The van der Waals surface area contributed by atoms with E-state index in [0.717, 1.165) is 0 Å². The molecule has 0 heterocycles. The van der Waals surface area contributed by atoms with Crippen LogP contribution in [0.3, 0.4) is 0 Å². The molecule has 4 heavy (non-hydrogen) atoms. The summed E-state index contributed by atoms with van der Waals surface area (Å²) in [5.74, 6) is 0. The summed E-state index contributed by atoms with van der Waals surface area (Å²) in [4.78, 5) is 0. The number of alkyl halides is 1. The van der Waals surface area contributed by atoms with Gasteiger partial charge in [0.2, 0.25) is 0 Å². The zero-order valence-electron chi connectivity index (χ0n) is 2.11. The predicted octanol–water partition coefficient (Wildman–Crippen LogP) is 0.378. The molecule has 0 fully saturated rings. The summed E-state index contributed by atoms with van der Waals surface area (Å²) in [6, 6.07) is 0. The maximum absolute atomic E-state index is 7.71. The second-order valence-electron chi connectivity index (χ2n) is 0.434. The van der Waals surface area contributed by atoms with Crippen molar-refractivity contribution in [3.05, 3.63) is 6.92 Å². The van der Waals surface area contributed by atoms with Gasteiger partial charge in [-0.1, -0.05) is 11.6 Å². The van der Waals surface area contributed by atoms with Crippen molar-refractivity contribution < 1.29 is 5.11 Å². The van der Waals surface area contributed by atoms with Gasteiger partial charge in [-0.2, -0.15) is 0 Å². The molecule has 0 aromatic heterocycles.